The van der Waals surface area contributed by atoms with E-state index in [1.54, 1.807) is 0 Å². The van der Waals surface area contributed by atoms with Crippen molar-refractivity contribution in [3.8, 4) is 11.5 Å². The molecule has 0 bridgehead atoms. The number of hydrogen-bond acceptors (Lipinski definition) is 4. The molecule has 1 amide bonds. The van der Waals surface area contributed by atoms with Crippen LogP contribution in [-0.2, 0) is 16.0 Å². The van der Waals surface area contributed by atoms with E-state index in [4.69, 9.17) is 9.52 Å². The number of carbonyl (C=O) groups excluding carboxylic acids is 1. The van der Waals surface area contributed by atoms with Crippen molar-refractivity contribution in [1.82, 2.24) is 10.3 Å². The Labute approximate surface area is 126 Å². The Morgan fingerprint density at radius 2 is 2.00 bits per heavy atom. The monoisotopic (exact) mass is 306 g/mol. The maximum Gasteiger partial charge on any atom is 0.303 e. The minimum absolute atomic E-state index is 0.0129. The van der Waals surface area contributed by atoms with Crippen LogP contribution in [-0.4, -0.2) is 28.5 Å². The Bertz CT molecular complexity index is 652. The SMILES string of the molecule is O=C(O)CCCNC(=O)Cc1coc(-c2ccc(F)cc2)n1. The van der Waals surface area contributed by atoms with Gasteiger partial charge in [0.15, 0.2) is 0 Å². The normalized spacial score (nSPS) is 10.4. The van der Waals surface area contributed by atoms with Gasteiger partial charge in [-0.2, -0.15) is 0 Å². The molecule has 0 atom stereocenters. The second kappa shape index (κ2) is 7.35. The van der Waals surface area contributed by atoms with Crippen molar-refractivity contribution in [3.05, 3.63) is 42.0 Å². The molecule has 0 aliphatic rings. The molecule has 2 aromatic rings. The zero-order valence-electron chi connectivity index (χ0n) is 11.7. The second-order valence-electron chi connectivity index (χ2n) is 4.67. The molecule has 6 nitrogen and oxygen atoms in total. The quantitative estimate of drug-likeness (QED) is 0.763. The van der Waals surface area contributed by atoms with Gasteiger partial charge in [0.05, 0.1) is 12.1 Å². The molecule has 0 spiro atoms. The highest BCUT2D eigenvalue weighted by Crippen LogP contribution is 2.19. The summed E-state index contributed by atoms with van der Waals surface area (Å²) in [4.78, 5) is 26.2. The smallest absolute Gasteiger partial charge is 0.303 e. The first-order chi connectivity index (χ1) is 10.5. The number of halogens is 1. The van der Waals surface area contributed by atoms with Crippen molar-refractivity contribution in [2.45, 2.75) is 19.3 Å². The zero-order chi connectivity index (χ0) is 15.9. The lowest BCUT2D eigenvalue weighted by molar-refractivity contribution is -0.137. The van der Waals surface area contributed by atoms with Crippen molar-refractivity contribution in [3.63, 3.8) is 0 Å². The number of nitrogens with zero attached hydrogens (tertiary/aromatic N) is 1. The molecule has 2 rings (SSSR count). The molecule has 0 fully saturated rings. The van der Waals surface area contributed by atoms with Crippen LogP contribution in [0.15, 0.2) is 34.9 Å². The highest BCUT2D eigenvalue weighted by atomic mass is 19.1. The van der Waals surface area contributed by atoms with Crippen LogP contribution in [0.1, 0.15) is 18.5 Å². The third-order valence-electron chi connectivity index (χ3n) is 2.87. The third-order valence-corrected chi connectivity index (χ3v) is 2.87. The van der Waals surface area contributed by atoms with Gasteiger partial charge in [0, 0.05) is 18.5 Å². The Morgan fingerprint density at radius 1 is 1.27 bits per heavy atom. The van der Waals surface area contributed by atoms with E-state index in [9.17, 15) is 14.0 Å². The lowest BCUT2D eigenvalue weighted by atomic mass is 10.2. The Hall–Kier alpha value is -2.70. The van der Waals surface area contributed by atoms with Gasteiger partial charge in [0.2, 0.25) is 11.8 Å². The molecule has 0 aliphatic heterocycles. The first-order valence-corrected chi connectivity index (χ1v) is 6.73. The Morgan fingerprint density at radius 3 is 2.68 bits per heavy atom. The fourth-order valence-electron chi connectivity index (χ4n) is 1.81. The highest BCUT2D eigenvalue weighted by Gasteiger charge is 2.10. The van der Waals surface area contributed by atoms with E-state index in [0.717, 1.165) is 0 Å². The molecule has 22 heavy (non-hydrogen) atoms. The van der Waals surface area contributed by atoms with Gasteiger partial charge in [0.1, 0.15) is 12.1 Å². The summed E-state index contributed by atoms with van der Waals surface area (Å²) < 4.78 is 18.1. The minimum atomic E-state index is -0.894. The van der Waals surface area contributed by atoms with E-state index in [1.807, 2.05) is 0 Å². The van der Waals surface area contributed by atoms with Gasteiger partial charge in [-0.3, -0.25) is 9.59 Å². The average molecular weight is 306 g/mol. The van der Waals surface area contributed by atoms with Gasteiger partial charge in [-0.15, -0.1) is 0 Å². The van der Waals surface area contributed by atoms with E-state index >= 15 is 0 Å². The lowest BCUT2D eigenvalue weighted by Crippen LogP contribution is -2.26. The first-order valence-electron chi connectivity index (χ1n) is 6.73. The van der Waals surface area contributed by atoms with E-state index in [1.165, 1.54) is 30.5 Å². The van der Waals surface area contributed by atoms with Crippen LogP contribution in [0.25, 0.3) is 11.5 Å². The summed E-state index contributed by atoms with van der Waals surface area (Å²) in [5.41, 5.74) is 1.07. The van der Waals surface area contributed by atoms with Crippen molar-refractivity contribution in [1.29, 1.82) is 0 Å². The second-order valence-corrected chi connectivity index (χ2v) is 4.67. The fraction of sp³-hybridized carbons (Fsp3) is 0.267. The van der Waals surface area contributed by atoms with Crippen LogP contribution in [0, 0.1) is 5.82 Å². The van der Waals surface area contributed by atoms with Crippen molar-refractivity contribution in [2.75, 3.05) is 6.54 Å². The number of aliphatic carboxylic acids is 1. The largest absolute Gasteiger partial charge is 0.481 e. The van der Waals surface area contributed by atoms with Crippen molar-refractivity contribution in [2.24, 2.45) is 0 Å². The molecule has 7 heteroatoms. The van der Waals surface area contributed by atoms with Gasteiger partial charge in [-0.25, -0.2) is 9.37 Å². The molecule has 0 radical (unpaired) electrons. The van der Waals surface area contributed by atoms with Crippen LogP contribution < -0.4 is 5.32 Å². The van der Waals surface area contributed by atoms with E-state index in [0.29, 0.717) is 30.1 Å². The predicted molar refractivity (Wildman–Crippen MR) is 75.5 cm³/mol. The van der Waals surface area contributed by atoms with Gasteiger partial charge in [0.25, 0.3) is 0 Å². The van der Waals surface area contributed by atoms with Crippen LogP contribution in [0.5, 0.6) is 0 Å². The van der Waals surface area contributed by atoms with Crippen LogP contribution in [0.4, 0.5) is 4.39 Å². The number of nitrogens with one attached hydrogen (secondary N) is 1. The first kappa shape index (κ1) is 15.7. The molecule has 0 saturated carbocycles. The number of aromatic nitrogens is 1. The number of amides is 1. The van der Waals surface area contributed by atoms with Crippen molar-refractivity contribution < 1.29 is 23.5 Å². The maximum absolute atomic E-state index is 12.8. The summed E-state index contributed by atoms with van der Waals surface area (Å²) in [6, 6.07) is 5.68. The van der Waals surface area contributed by atoms with E-state index in [2.05, 4.69) is 10.3 Å². The van der Waals surface area contributed by atoms with Crippen molar-refractivity contribution >= 4 is 11.9 Å². The van der Waals surface area contributed by atoms with Gasteiger partial charge in [-0.1, -0.05) is 0 Å². The van der Waals surface area contributed by atoms with E-state index < -0.39 is 5.97 Å². The molecule has 1 aromatic heterocycles. The third kappa shape index (κ3) is 4.69. The number of carbonyl (C=O) groups is 2. The van der Waals surface area contributed by atoms with Gasteiger partial charge < -0.3 is 14.8 Å². The molecule has 0 saturated heterocycles. The lowest BCUT2D eigenvalue weighted by Gasteiger charge is -2.01. The predicted octanol–water partition coefficient (Wildman–Crippen LogP) is 2.00. The zero-order valence-corrected chi connectivity index (χ0v) is 11.7. The minimum Gasteiger partial charge on any atom is -0.481 e. The molecule has 2 N–H and O–H groups in total. The summed E-state index contributed by atoms with van der Waals surface area (Å²) in [7, 11) is 0. The molecular formula is C15H15FN2O4. The topological polar surface area (TPSA) is 92.4 Å². The number of hydrogen-bond donors (Lipinski definition) is 2. The summed E-state index contributed by atoms with van der Waals surface area (Å²) >= 11 is 0. The average Bonchev–Trinajstić information content (AvgIpc) is 2.92. The molecule has 0 unspecified atom stereocenters. The highest BCUT2D eigenvalue weighted by molar-refractivity contribution is 5.78. The summed E-state index contributed by atoms with van der Waals surface area (Å²) in [6.07, 6.45) is 1.80. The molecular weight excluding hydrogens is 291 g/mol. The summed E-state index contributed by atoms with van der Waals surface area (Å²) in [5.74, 6) is -1.19. The standard InChI is InChI=1S/C15H15FN2O4/c16-11-5-3-10(4-6-11)15-18-12(9-22-15)8-13(19)17-7-1-2-14(20)21/h3-6,9H,1-2,7-8H2,(H,17,19)(H,20,21). The summed E-state index contributed by atoms with van der Waals surface area (Å²) in [5, 5.41) is 11.1. The number of benzene rings is 1. The Kier molecular flexibility index (Phi) is 5.24. The number of carboxylic acids is 1. The number of rotatable bonds is 7. The maximum atomic E-state index is 12.8. The molecule has 116 valence electrons. The number of carboxylic acid groups (broad SMARTS) is 1. The van der Waals surface area contributed by atoms with Gasteiger partial charge in [-0.05, 0) is 30.7 Å². The van der Waals surface area contributed by atoms with Crippen LogP contribution in [0.3, 0.4) is 0 Å². The Balaban J connectivity index is 1.85. The molecule has 1 heterocycles. The molecule has 0 aliphatic carbocycles. The fourth-order valence-corrected chi connectivity index (χ4v) is 1.81. The van der Waals surface area contributed by atoms with Crippen LogP contribution in [0.2, 0.25) is 0 Å². The number of oxazole rings is 1. The molecule has 1 aromatic carbocycles. The summed E-state index contributed by atoms with van der Waals surface area (Å²) in [6.45, 7) is 0.299. The van der Waals surface area contributed by atoms with Gasteiger partial charge >= 0.3 is 5.97 Å². The van der Waals surface area contributed by atoms with E-state index in [-0.39, 0.29) is 24.6 Å². The van der Waals surface area contributed by atoms with Crippen LogP contribution >= 0.6 is 0 Å².